The summed E-state index contributed by atoms with van der Waals surface area (Å²) >= 11 is 11.6. The molecule has 1 heterocycles. The second kappa shape index (κ2) is 9.27. The van der Waals surface area contributed by atoms with Gasteiger partial charge < -0.3 is 10.1 Å². The number of nitro groups is 1. The number of hydrogen-bond donors (Lipinski definition) is 1. The fourth-order valence-electron chi connectivity index (χ4n) is 2.64. The number of carbonyl (C=O) groups is 1. The van der Waals surface area contributed by atoms with Crippen LogP contribution in [-0.4, -0.2) is 20.6 Å². The molecule has 0 fully saturated rings. The monoisotopic (exact) mass is 470 g/mol. The van der Waals surface area contributed by atoms with Crippen LogP contribution >= 0.6 is 23.2 Å². The fourth-order valence-corrected chi connectivity index (χ4v) is 2.98. The highest BCUT2D eigenvalue weighted by Crippen LogP contribution is 2.31. The molecule has 162 valence electrons. The number of rotatable bonds is 7. The van der Waals surface area contributed by atoms with Crippen molar-refractivity contribution in [1.82, 2.24) is 9.78 Å². The lowest BCUT2D eigenvalue weighted by Crippen LogP contribution is -2.20. The summed E-state index contributed by atoms with van der Waals surface area (Å²) in [4.78, 5) is 23.0. The smallest absolute Gasteiger partial charge is 0.283 e. The number of nitro benzene ring substituents is 1. The van der Waals surface area contributed by atoms with E-state index in [4.69, 9.17) is 27.9 Å². The molecule has 0 aliphatic rings. The van der Waals surface area contributed by atoms with Crippen LogP contribution in [0.25, 0.3) is 0 Å². The lowest BCUT2D eigenvalue weighted by molar-refractivity contribution is -0.384. The van der Waals surface area contributed by atoms with Crippen LogP contribution in [0.15, 0.2) is 42.5 Å². The number of nitrogens with zero attached hydrogens (tertiary/aromatic N) is 3. The van der Waals surface area contributed by atoms with Gasteiger partial charge in [0, 0.05) is 17.2 Å². The van der Waals surface area contributed by atoms with E-state index < -0.39 is 29.5 Å². The fraction of sp³-hybridized carbons (Fsp3) is 0.158. The molecule has 0 saturated carbocycles. The summed E-state index contributed by atoms with van der Waals surface area (Å²) in [6, 6.07) is 10.0. The third-order valence-corrected chi connectivity index (χ3v) is 4.81. The van der Waals surface area contributed by atoms with Crippen molar-refractivity contribution in [3.05, 3.63) is 74.0 Å². The summed E-state index contributed by atoms with van der Waals surface area (Å²) in [6.45, 7) is 1.02. The molecule has 0 saturated heterocycles. The van der Waals surface area contributed by atoms with Crippen LogP contribution in [0, 0.1) is 17.0 Å². The summed E-state index contributed by atoms with van der Waals surface area (Å²) in [6.07, 6.45) is -2.89. The second-order valence-electron chi connectivity index (χ2n) is 6.32. The maximum absolute atomic E-state index is 12.9. The number of benzene rings is 2. The number of ether oxygens (including phenoxy) is 1. The average Bonchev–Trinajstić information content (AvgIpc) is 2.98. The Kier molecular flexibility index (Phi) is 6.71. The Morgan fingerprint density at radius 2 is 1.90 bits per heavy atom. The number of anilines is 1. The molecule has 1 N–H and O–H groups in total. The Balaban J connectivity index is 1.81. The van der Waals surface area contributed by atoms with Gasteiger partial charge in [-0.05, 0) is 31.2 Å². The molecule has 0 aliphatic heterocycles. The zero-order chi connectivity index (χ0) is 22.7. The quantitative estimate of drug-likeness (QED) is 0.348. The lowest BCUT2D eigenvalue weighted by Gasteiger charge is -2.10. The Bertz CT molecular complexity index is 1140. The van der Waals surface area contributed by atoms with Crippen molar-refractivity contribution in [3.8, 4) is 11.5 Å². The predicted molar refractivity (Wildman–Crippen MR) is 110 cm³/mol. The van der Waals surface area contributed by atoms with Gasteiger partial charge in [-0.3, -0.25) is 19.6 Å². The van der Waals surface area contributed by atoms with E-state index in [0.717, 1.165) is 10.7 Å². The van der Waals surface area contributed by atoms with Crippen LogP contribution in [0.2, 0.25) is 10.0 Å². The van der Waals surface area contributed by atoms with E-state index in [1.165, 1.54) is 19.1 Å². The maximum Gasteiger partial charge on any atom is 0.283 e. The first-order valence-electron chi connectivity index (χ1n) is 8.67. The largest absolute Gasteiger partial charge is 0.457 e. The minimum Gasteiger partial charge on any atom is -0.457 e. The number of amides is 1. The van der Waals surface area contributed by atoms with Crippen LogP contribution in [-0.2, 0) is 11.3 Å². The molecule has 0 bridgehead atoms. The molecule has 0 radical (unpaired) electrons. The van der Waals surface area contributed by atoms with Crippen molar-refractivity contribution in [2.24, 2.45) is 0 Å². The summed E-state index contributed by atoms with van der Waals surface area (Å²) in [5, 5.41) is 17.6. The number of nitrogens with one attached hydrogen (secondary N) is 1. The summed E-state index contributed by atoms with van der Waals surface area (Å²) in [5.41, 5.74) is -0.674. The van der Waals surface area contributed by atoms with Crippen molar-refractivity contribution < 1.29 is 23.2 Å². The van der Waals surface area contributed by atoms with Gasteiger partial charge >= 0.3 is 0 Å². The SMILES string of the molecule is Cc1c(Cl)c(C(F)F)nn1CC(=O)Nc1cc(Oc2ccc(Cl)cc2)cc([N+](=O)[O-])c1. The van der Waals surface area contributed by atoms with E-state index in [2.05, 4.69) is 10.4 Å². The van der Waals surface area contributed by atoms with Crippen molar-refractivity contribution in [3.63, 3.8) is 0 Å². The normalized spacial score (nSPS) is 10.9. The maximum atomic E-state index is 12.9. The van der Waals surface area contributed by atoms with Crippen molar-refractivity contribution in [1.29, 1.82) is 0 Å². The molecule has 1 amide bonds. The van der Waals surface area contributed by atoms with Crippen LogP contribution in [0.3, 0.4) is 0 Å². The number of aromatic nitrogens is 2. The summed E-state index contributed by atoms with van der Waals surface area (Å²) in [7, 11) is 0. The van der Waals surface area contributed by atoms with E-state index in [0.29, 0.717) is 10.8 Å². The number of hydrogen-bond acceptors (Lipinski definition) is 5. The van der Waals surface area contributed by atoms with Gasteiger partial charge in [-0.1, -0.05) is 23.2 Å². The number of non-ortho nitro benzene ring substituents is 1. The summed E-state index contributed by atoms with van der Waals surface area (Å²) < 4.78 is 32.5. The molecule has 8 nitrogen and oxygen atoms in total. The highest BCUT2D eigenvalue weighted by atomic mass is 35.5. The third-order valence-electron chi connectivity index (χ3n) is 4.09. The topological polar surface area (TPSA) is 99.3 Å². The first kappa shape index (κ1) is 22.4. The van der Waals surface area contributed by atoms with Crippen molar-refractivity contribution >= 4 is 40.5 Å². The predicted octanol–water partition coefficient (Wildman–Crippen LogP) is 5.78. The average molecular weight is 471 g/mol. The minimum atomic E-state index is -2.89. The highest BCUT2D eigenvalue weighted by molar-refractivity contribution is 6.32. The zero-order valence-corrected chi connectivity index (χ0v) is 17.3. The zero-order valence-electron chi connectivity index (χ0n) is 15.8. The van der Waals surface area contributed by atoms with Crippen LogP contribution in [0.5, 0.6) is 11.5 Å². The summed E-state index contributed by atoms with van der Waals surface area (Å²) in [5.74, 6) is -0.172. The van der Waals surface area contributed by atoms with Gasteiger partial charge in [-0.15, -0.1) is 0 Å². The molecule has 2 aromatic carbocycles. The highest BCUT2D eigenvalue weighted by Gasteiger charge is 2.22. The van der Waals surface area contributed by atoms with Crippen LogP contribution in [0.1, 0.15) is 17.8 Å². The van der Waals surface area contributed by atoms with E-state index in [1.54, 1.807) is 24.3 Å². The van der Waals surface area contributed by atoms with Gasteiger partial charge in [0.05, 0.1) is 27.4 Å². The number of carbonyl (C=O) groups excluding carboxylic acids is 1. The van der Waals surface area contributed by atoms with Gasteiger partial charge in [0.15, 0.2) is 0 Å². The molecule has 1 aromatic heterocycles. The van der Waals surface area contributed by atoms with E-state index >= 15 is 0 Å². The second-order valence-corrected chi connectivity index (χ2v) is 7.13. The van der Waals surface area contributed by atoms with Gasteiger partial charge in [-0.2, -0.15) is 5.10 Å². The van der Waals surface area contributed by atoms with Gasteiger partial charge in [0.1, 0.15) is 23.7 Å². The third kappa shape index (κ3) is 5.47. The van der Waals surface area contributed by atoms with Gasteiger partial charge in [0.2, 0.25) is 5.91 Å². The standard InChI is InChI=1S/C19H14Cl2F2N4O4/c1-10-17(21)18(19(22)23)25-26(10)9-16(28)24-12-6-13(27(29)30)8-15(7-12)31-14-4-2-11(20)3-5-14/h2-8,19H,9H2,1H3,(H,24,28). The van der Waals surface area contributed by atoms with E-state index in [-0.39, 0.29) is 27.8 Å². The molecule has 12 heteroatoms. The van der Waals surface area contributed by atoms with Crippen LogP contribution < -0.4 is 10.1 Å². The Morgan fingerprint density at radius 3 is 2.48 bits per heavy atom. The first-order chi connectivity index (χ1) is 14.6. The minimum absolute atomic E-state index is 0.0770. The Morgan fingerprint density at radius 1 is 1.23 bits per heavy atom. The molecule has 3 rings (SSSR count). The molecule has 3 aromatic rings. The molecule has 31 heavy (non-hydrogen) atoms. The van der Waals surface area contributed by atoms with Crippen LogP contribution in [0.4, 0.5) is 20.2 Å². The number of halogens is 4. The number of alkyl halides is 2. The van der Waals surface area contributed by atoms with E-state index in [1.807, 2.05) is 0 Å². The Labute approximate surface area is 184 Å². The molecule has 0 unspecified atom stereocenters. The molecular weight excluding hydrogens is 457 g/mol. The molecule has 0 aliphatic carbocycles. The van der Waals surface area contributed by atoms with Gasteiger partial charge in [0.25, 0.3) is 12.1 Å². The van der Waals surface area contributed by atoms with Crippen molar-refractivity contribution in [2.75, 3.05) is 5.32 Å². The first-order valence-corrected chi connectivity index (χ1v) is 9.43. The van der Waals surface area contributed by atoms with E-state index in [9.17, 15) is 23.7 Å². The molecule has 0 spiro atoms. The lowest BCUT2D eigenvalue weighted by atomic mass is 10.2. The van der Waals surface area contributed by atoms with Crippen molar-refractivity contribution in [2.45, 2.75) is 19.9 Å². The Hall–Kier alpha value is -3.24. The molecular formula is C19H14Cl2F2N4O4. The molecule has 0 atom stereocenters. The van der Waals surface area contributed by atoms with Gasteiger partial charge in [-0.25, -0.2) is 8.78 Å².